The first-order valence-corrected chi connectivity index (χ1v) is 7.17. The number of oxazole rings is 1. The van der Waals surface area contributed by atoms with E-state index in [4.69, 9.17) is 16.0 Å². The molecular weight excluding hydrogens is 305 g/mol. The van der Waals surface area contributed by atoms with E-state index >= 15 is 0 Å². The summed E-state index contributed by atoms with van der Waals surface area (Å²) in [4.78, 5) is 6.43. The molecule has 0 fully saturated rings. The van der Waals surface area contributed by atoms with Gasteiger partial charge in [-0.2, -0.15) is 4.98 Å². The Morgan fingerprint density at radius 2 is 2.23 bits per heavy atom. The lowest BCUT2D eigenvalue weighted by Crippen LogP contribution is -2.01. The molecule has 0 amide bonds. The SMILES string of the molecule is CN(C)C=CCc1c(-c2ccc(F)cc2Cl)nc2occn12. The van der Waals surface area contributed by atoms with Crippen molar-refractivity contribution in [2.75, 3.05) is 14.1 Å². The molecule has 3 rings (SSSR count). The van der Waals surface area contributed by atoms with Gasteiger partial charge in [-0.3, -0.25) is 4.40 Å². The van der Waals surface area contributed by atoms with Gasteiger partial charge in [-0.25, -0.2) is 4.39 Å². The third-order valence-corrected chi connectivity index (χ3v) is 3.57. The molecule has 0 aliphatic carbocycles. The molecule has 0 saturated carbocycles. The second-order valence-corrected chi connectivity index (χ2v) is 5.55. The summed E-state index contributed by atoms with van der Waals surface area (Å²) in [6.45, 7) is 0. The number of rotatable bonds is 4. The number of allylic oxidation sites excluding steroid dienone is 1. The fourth-order valence-electron chi connectivity index (χ4n) is 2.30. The highest BCUT2D eigenvalue weighted by Gasteiger charge is 2.17. The topological polar surface area (TPSA) is 33.7 Å². The van der Waals surface area contributed by atoms with Gasteiger partial charge in [0.25, 0.3) is 0 Å². The van der Waals surface area contributed by atoms with E-state index in [2.05, 4.69) is 4.98 Å². The third-order valence-electron chi connectivity index (χ3n) is 3.26. The van der Waals surface area contributed by atoms with E-state index < -0.39 is 0 Å². The maximum Gasteiger partial charge on any atom is 0.306 e. The van der Waals surface area contributed by atoms with Crippen molar-refractivity contribution in [3.8, 4) is 11.3 Å². The van der Waals surface area contributed by atoms with Crippen molar-refractivity contribution < 1.29 is 8.81 Å². The Balaban J connectivity index is 2.10. The molecule has 0 atom stereocenters. The number of halogens is 2. The van der Waals surface area contributed by atoms with Crippen molar-refractivity contribution in [2.24, 2.45) is 0 Å². The van der Waals surface area contributed by atoms with Crippen molar-refractivity contribution in [1.82, 2.24) is 14.3 Å². The van der Waals surface area contributed by atoms with Gasteiger partial charge >= 0.3 is 5.84 Å². The van der Waals surface area contributed by atoms with Gasteiger partial charge in [-0.05, 0) is 24.4 Å². The maximum atomic E-state index is 13.3. The number of nitrogens with zero attached hydrogens (tertiary/aromatic N) is 3. The van der Waals surface area contributed by atoms with Crippen LogP contribution in [0, 0.1) is 5.82 Å². The normalized spacial score (nSPS) is 11.6. The Morgan fingerprint density at radius 3 is 2.95 bits per heavy atom. The molecule has 0 saturated heterocycles. The van der Waals surface area contributed by atoms with Crippen LogP contribution in [0.15, 0.2) is 47.4 Å². The number of hydrogen-bond acceptors (Lipinski definition) is 3. The van der Waals surface area contributed by atoms with Gasteiger partial charge in [-0.1, -0.05) is 17.7 Å². The highest BCUT2D eigenvalue weighted by Crippen LogP contribution is 2.31. The molecule has 0 unspecified atom stereocenters. The lowest BCUT2D eigenvalue weighted by molar-refractivity contribution is 0.561. The molecule has 2 aromatic heterocycles. The zero-order valence-electron chi connectivity index (χ0n) is 12.3. The molecular formula is C16H15ClFN3O. The predicted molar refractivity (Wildman–Crippen MR) is 84.4 cm³/mol. The number of imidazole rings is 1. The van der Waals surface area contributed by atoms with Crippen LogP contribution in [0.25, 0.3) is 17.1 Å². The molecule has 0 aliphatic heterocycles. The van der Waals surface area contributed by atoms with Crippen LogP contribution in [0.1, 0.15) is 5.69 Å². The molecule has 0 spiro atoms. The van der Waals surface area contributed by atoms with Gasteiger partial charge < -0.3 is 9.32 Å². The monoisotopic (exact) mass is 319 g/mol. The molecule has 4 nitrogen and oxygen atoms in total. The lowest BCUT2D eigenvalue weighted by Gasteiger charge is -2.06. The van der Waals surface area contributed by atoms with Crippen LogP contribution in [-0.4, -0.2) is 28.4 Å². The summed E-state index contributed by atoms with van der Waals surface area (Å²) in [5.41, 5.74) is 2.33. The Labute approximate surface area is 132 Å². The van der Waals surface area contributed by atoms with E-state index in [-0.39, 0.29) is 5.82 Å². The summed E-state index contributed by atoms with van der Waals surface area (Å²) in [7, 11) is 3.91. The fraction of sp³-hybridized carbons (Fsp3) is 0.188. The zero-order valence-corrected chi connectivity index (χ0v) is 13.0. The van der Waals surface area contributed by atoms with Crippen molar-refractivity contribution in [2.45, 2.75) is 6.42 Å². The largest absolute Gasteiger partial charge is 0.432 e. The van der Waals surface area contributed by atoms with Gasteiger partial charge in [0.05, 0.1) is 16.4 Å². The average molecular weight is 320 g/mol. The smallest absolute Gasteiger partial charge is 0.306 e. The quantitative estimate of drug-likeness (QED) is 0.728. The number of hydrogen-bond donors (Lipinski definition) is 0. The Bertz CT molecular complexity index is 835. The Hall–Kier alpha value is -2.27. The van der Waals surface area contributed by atoms with Crippen LogP contribution < -0.4 is 0 Å². The van der Waals surface area contributed by atoms with Gasteiger partial charge in [0.2, 0.25) is 0 Å². The van der Waals surface area contributed by atoms with Gasteiger partial charge in [0, 0.05) is 32.3 Å². The molecule has 0 aliphatic rings. The molecule has 114 valence electrons. The van der Waals surface area contributed by atoms with Crippen molar-refractivity contribution in [3.63, 3.8) is 0 Å². The second kappa shape index (κ2) is 5.85. The van der Waals surface area contributed by atoms with Gasteiger partial charge in [0.15, 0.2) is 0 Å². The van der Waals surface area contributed by atoms with Gasteiger partial charge in [0.1, 0.15) is 12.1 Å². The van der Waals surface area contributed by atoms with Crippen molar-refractivity contribution in [3.05, 3.63) is 59.5 Å². The molecule has 0 bridgehead atoms. The Morgan fingerprint density at radius 1 is 1.41 bits per heavy atom. The fourth-order valence-corrected chi connectivity index (χ4v) is 2.56. The molecule has 0 radical (unpaired) electrons. The first-order valence-electron chi connectivity index (χ1n) is 6.79. The average Bonchev–Trinajstić information content (AvgIpc) is 3.01. The summed E-state index contributed by atoms with van der Waals surface area (Å²) in [6, 6.07) is 4.30. The minimum absolute atomic E-state index is 0.332. The second-order valence-electron chi connectivity index (χ2n) is 5.14. The summed E-state index contributed by atoms with van der Waals surface area (Å²) in [5, 5.41) is 0.332. The zero-order chi connectivity index (χ0) is 15.7. The summed E-state index contributed by atoms with van der Waals surface area (Å²) in [6.07, 6.45) is 8.04. The van der Waals surface area contributed by atoms with E-state index in [0.29, 0.717) is 28.5 Å². The minimum Gasteiger partial charge on any atom is -0.432 e. The Kier molecular flexibility index (Phi) is 3.90. The molecule has 6 heteroatoms. The lowest BCUT2D eigenvalue weighted by atomic mass is 10.1. The molecule has 0 N–H and O–H groups in total. The summed E-state index contributed by atoms with van der Waals surface area (Å²) < 4.78 is 20.5. The highest BCUT2D eigenvalue weighted by atomic mass is 35.5. The first-order chi connectivity index (χ1) is 10.6. The van der Waals surface area contributed by atoms with Gasteiger partial charge in [-0.15, -0.1) is 0 Å². The standard InChI is InChI=1S/C16H15ClFN3O/c1-20(2)7-3-4-14-15(19-16-21(14)8-9-22-16)12-6-5-11(18)10-13(12)17/h3,5-10H,4H2,1-2H3. The molecule has 1 aromatic carbocycles. The summed E-state index contributed by atoms with van der Waals surface area (Å²) >= 11 is 6.17. The van der Waals surface area contributed by atoms with E-state index in [1.165, 1.54) is 12.1 Å². The minimum atomic E-state index is -0.370. The number of fused-ring (bicyclic) bond motifs is 1. The van der Waals surface area contributed by atoms with E-state index in [0.717, 1.165) is 5.69 Å². The number of benzene rings is 1. The predicted octanol–water partition coefficient (Wildman–Crippen LogP) is 4.00. The van der Waals surface area contributed by atoms with Crippen LogP contribution in [0.3, 0.4) is 0 Å². The highest BCUT2D eigenvalue weighted by molar-refractivity contribution is 6.33. The molecule has 3 aromatic rings. The first kappa shape index (κ1) is 14.7. The van der Waals surface area contributed by atoms with Crippen LogP contribution in [-0.2, 0) is 6.42 Å². The third kappa shape index (κ3) is 2.72. The van der Waals surface area contributed by atoms with E-state index in [1.807, 2.05) is 41.9 Å². The van der Waals surface area contributed by atoms with Crippen LogP contribution >= 0.6 is 11.6 Å². The summed E-state index contributed by atoms with van der Waals surface area (Å²) in [5.74, 6) is 0.120. The molecule has 2 heterocycles. The maximum absolute atomic E-state index is 13.3. The number of aromatic nitrogens is 2. The van der Waals surface area contributed by atoms with Crippen LogP contribution in [0.4, 0.5) is 4.39 Å². The molecule has 22 heavy (non-hydrogen) atoms. The van der Waals surface area contributed by atoms with Crippen LogP contribution in [0.5, 0.6) is 0 Å². The van der Waals surface area contributed by atoms with Crippen LogP contribution in [0.2, 0.25) is 5.02 Å². The van der Waals surface area contributed by atoms with E-state index in [9.17, 15) is 4.39 Å². The van der Waals surface area contributed by atoms with E-state index in [1.54, 1.807) is 12.3 Å². The van der Waals surface area contributed by atoms with Crippen molar-refractivity contribution >= 4 is 17.4 Å². The van der Waals surface area contributed by atoms with Crippen molar-refractivity contribution in [1.29, 1.82) is 0 Å².